The van der Waals surface area contributed by atoms with Crippen LogP contribution in [0.15, 0.2) is 11.4 Å². The third-order valence-electron chi connectivity index (χ3n) is 1.13. The van der Waals surface area contributed by atoms with Crippen LogP contribution in [0.5, 0.6) is 5.75 Å². The first-order chi connectivity index (χ1) is 5.72. The SMILES string of the molecule is COC(=O)COc1csc(Cl)c1. The minimum Gasteiger partial charge on any atom is -0.481 e. The van der Waals surface area contributed by atoms with E-state index in [-0.39, 0.29) is 6.61 Å². The number of halogens is 1. The van der Waals surface area contributed by atoms with E-state index >= 15 is 0 Å². The third-order valence-corrected chi connectivity index (χ3v) is 2.20. The van der Waals surface area contributed by atoms with E-state index in [1.165, 1.54) is 18.4 Å². The maximum Gasteiger partial charge on any atom is 0.343 e. The second-order valence-corrected chi connectivity index (χ2v) is 3.49. The van der Waals surface area contributed by atoms with Gasteiger partial charge >= 0.3 is 5.97 Å². The Morgan fingerprint density at radius 3 is 3.00 bits per heavy atom. The second-order valence-electron chi connectivity index (χ2n) is 1.95. The van der Waals surface area contributed by atoms with E-state index in [4.69, 9.17) is 16.3 Å². The lowest BCUT2D eigenvalue weighted by molar-refractivity contribution is -0.142. The molecule has 0 unspecified atom stereocenters. The first kappa shape index (κ1) is 9.35. The molecule has 0 amide bonds. The van der Waals surface area contributed by atoms with Gasteiger partial charge in [0.25, 0.3) is 0 Å². The lowest BCUT2D eigenvalue weighted by Crippen LogP contribution is -2.11. The fourth-order valence-electron chi connectivity index (χ4n) is 0.571. The topological polar surface area (TPSA) is 35.5 Å². The number of rotatable bonds is 3. The average Bonchev–Trinajstić information content (AvgIpc) is 2.47. The van der Waals surface area contributed by atoms with Crippen LogP contribution in [0.3, 0.4) is 0 Å². The largest absolute Gasteiger partial charge is 0.481 e. The van der Waals surface area contributed by atoms with Crippen molar-refractivity contribution in [3.05, 3.63) is 15.8 Å². The van der Waals surface area contributed by atoms with Crippen molar-refractivity contribution in [3.8, 4) is 5.75 Å². The molecule has 0 spiro atoms. The molecule has 66 valence electrons. The van der Waals surface area contributed by atoms with Crippen molar-refractivity contribution >= 4 is 28.9 Å². The van der Waals surface area contributed by atoms with E-state index in [1.54, 1.807) is 11.4 Å². The Morgan fingerprint density at radius 1 is 1.75 bits per heavy atom. The highest BCUT2D eigenvalue weighted by atomic mass is 35.5. The number of ether oxygens (including phenoxy) is 2. The molecule has 0 aliphatic rings. The molecule has 0 aromatic carbocycles. The summed E-state index contributed by atoms with van der Waals surface area (Å²) >= 11 is 6.98. The van der Waals surface area contributed by atoms with E-state index in [1.807, 2.05) is 0 Å². The lowest BCUT2D eigenvalue weighted by atomic mass is 10.6. The van der Waals surface area contributed by atoms with Crippen molar-refractivity contribution in [1.29, 1.82) is 0 Å². The summed E-state index contributed by atoms with van der Waals surface area (Å²) in [6.45, 7) is -0.0798. The molecule has 0 bridgehead atoms. The molecule has 1 rings (SSSR count). The molecule has 0 N–H and O–H groups in total. The predicted octanol–water partition coefficient (Wildman–Crippen LogP) is 1.95. The fourth-order valence-corrected chi connectivity index (χ4v) is 1.36. The lowest BCUT2D eigenvalue weighted by Gasteiger charge is -2.00. The van der Waals surface area contributed by atoms with Gasteiger partial charge < -0.3 is 9.47 Å². The summed E-state index contributed by atoms with van der Waals surface area (Å²) in [4.78, 5) is 10.6. The monoisotopic (exact) mass is 206 g/mol. The summed E-state index contributed by atoms with van der Waals surface area (Å²) in [5.41, 5.74) is 0. The van der Waals surface area contributed by atoms with Crippen LogP contribution in [-0.4, -0.2) is 19.7 Å². The molecule has 5 heteroatoms. The highest BCUT2D eigenvalue weighted by Crippen LogP contribution is 2.25. The molecule has 0 aliphatic carbocycles. The summed E-state index contributed by atoms with van der Waals surface area (Å²) in [7, 11) is 1.31. The number of carbonyl (C=O) groups excluding carboxylic acids is 1. The van der Waals surface area contributed by atoms with Crippen LogP contribution in [-0.2, 0) is 9.53 Å². The van der Waals surface area contributed by atoms with Crippen molar-refractivity contribution in [1.82, 2.24) is 0 Å². The number of carbonyl (C=O) groups is 1. The Bertz CT molecular complexity index is 271. The molecule has 0 atom stereocenters. The van der Waals surface area contributed by atoms with Crippen LogP contribution in [0.2, 0.25) is 4.34 Å². The quantitative estimate of drug-likeness (QED) is 0.710. The van der Waals surface area contributed by atoms with Crippen molar-refractivity contribution in [2.75, 3.05) is 13.7 Å². The normalized spacial score (nSPS) is 9.50. The van der Waals surface area contributed by atoms with Crippen LogP contribution >= 0.6 is 22.9 Å². The second kappa shape index (κ2) is 4.33. The van der Waals surface area contributed by atoms with Gasteiger partial charge in [0.2, 0.25) is 0 Å². The fraction of sp³-hybridized carbons (Fsp3) is 0.286. The minimum atomic E-state index is -0.405. The molecule has 0 radical (unpaired) electrons. The van der Waals surface area contributed by atoms with E-state index < -0.39 is 5.97 Å². The minimum absolute atomic E-state index is 0.0798. The first-order valence-electron chi connectivity index (χ1n) is 3.16. The van der Waals surface area contributed by atoms with Crippen LogP contribution in [0.25, 0.3) is 0 Å². The van der Waals surface area contributed by atoms with Gasteiger partial charge in [0.1, 0.15) is 5.75 Å². The number of thiophene rings is 1. The Morgan fingerprint density at radius 2 is 2.50 bits per heavy atom. The molecule has 3 nitrogen and oxygen atoms in total. The van der Waals surface area contributed by atoms with Gasteiger partial charge in [-0.3, -0.25) is 0 Å². The van der Waals surface area contributed by atoms with Gasteiger partial charge in [-0.05, 0) is 0 Å². The van der Waals surface area contributed by atoms with Crippen LogP contribution in [0, 0.1) is 0 Å². The maximum absolute atomic E-state index is 10.6. The molecular weight excluding hydrogens is 200 g/mol. The highest BCUT2D eigenvalue weighted by molar-refractivity contribution is 7.14. The number of hydrogen-bond acceptors (Lipinski definition) is 4. The molecule has 0 saturated carbocycles. The zero-order valence-corrected chi connectivity index (χ0v) is 7.95. The van der Waals surface area contributed by atoms with Gasteiger partial charge in [0.05, 0.1) is 11.4 Å². The molecule has 1 aromatic rings. The molecular formula is C7H7ClO3S. The summed E-state index contributed by atoms with van der Waals surface area (Å²) in [6.07, 6.45) is 0. The smallest absolute Gasteiger partial charge is 0.343 e. The predicted molar refractivity (Wildman–Crippen MR) is 46.8 cm³/mol. The Hall–Kier alpha value is -0.740. The van der Waals surface area contributed by atoms with Gasteiger partial charge in [0.15, 0.2) is 6.61 Å². The van der Waals surface area contributed by atoms with Crippen molar-refractivity contribution in [2.24, 2.45) is 0 Å². The van der Waals surface area contributed by atoms with Crippen molar-refractivity contribution in [2.45, 2.75) is 0 Å². The standard InChI is InChI=1S/C7H7ClO3S/c1-10-7(9)3-11-5-2-6(8)12-4-5/h2,4H,3H2,1H3. The van der Waals surface area contributed by atoms with Crippen molar-refractivity contribution in [3.63, 3.8) is 0 Å². The summed E-state index contributed by atoms with van der Waals surface area (Å²) in [5.74, 6) is 0.188. The van der Waals surface area contributed by atoms with Gasteiger partial charge in [0, 0.05) is 11.4 Å². The Balaban J connectivity index is 2.38. The Kier molecular flexibility index (Phi) is 3.37. The first-order valence-corrected chi connectivity index (χ1v) is 4.42. The van der Waals surface area contributed by atoms with Gasteiger partial charge in [-0.2, -0.15) is 0 Å². The molecule has 0 aliphatic heterocycles. The van der Waals surface area contributed by atoms with Gasteiger partial charge in [-0.25, -0.2) is 4.79 Å². The number of methoxy groups -OCH3 is 1. The van der Waals surface area contributed by atoms with Gasteiger partial charge in [-0.1, -0.05) is 11.6 Å². The third kappa shape index (κ3) is 2.71. The van der Waals surface area contributed by atoms with E-state index in [0.29, 0.717) is 10.1 Å². The molecule has 0 fully saturated rings. The summed E-state index contributed by atoms with van der Waals surface area (Å²) in [6, 6.07) is 1.65. The van der Waals surface area contributed by atoms with E-state index in [2.05, 4.69) is 4.74 Å². The Labute approximate surface area is 78.9 Å². The van der Waals surface area contributed by atoms with Gasteiger partial charge in [-0.15, -0.1) is 11.3 Å². The number of esters is 1. The molecule has 0 saturated heterocycles. The van der Waals surface area contributed by atoms with Crippen LogP contribution in [0.4, 0.5) is 0 Å². The van der Waals surface area contributed by atoms with Crippen molar-refractivity contribution < 1.29 is 14.3 Å². The average molecular weight is 207 g/mol. The van der Waals surface area contributed by atoms with Crippen LogP contribution in [0.1, 0.15) is 0 Å². The van der Waals surface area contributed by atoms with E-state index in [9.17, 15) is 4.79 Å². The molecule has 1 heterocycles. The number of hydrogen-bond donors (Lipinski definition) is 0. The molecule has 12 heavy (non-hydrogen) atoms. The summed E-state index contributed by atoms with van der Waals surface area (Å²) in [5, 5.41) is 1.73. The van der Waals surface area contributed by atoms with Crippen LogP contribution < -0.4 is 4.74 Å². The highest BCUT2D eigenvalue weighted by Gasteiger charge is 2.02. The zero-order chi connectivity index (χ0) is 8.97. The summed E-state index contributed by atoms with van der Waals surface area (Å²) < 4.78 is 10.1. The maximum atomic E-state index is 10.6. The van der Waals surface area contributed by atoms with E-state index in [0.717, 1.165) is 0 Å². The zero-order valence-electron chi connectivity index (χ0n) is 6.37. The molecule has 1 aromatic heterocycles.